The Morgan fingerprint density at radius 3 is 2.36 bits per heavy atom. The van der Waals surface area contributed by atoms with Gasteiger partial charge in [-0.05, 0) is 48.4 Å². The number of carbonyl (C=O) groups is 1. The van der Waals surface area contributed by atoms with Gasteiger partial charge in [-0.15, -0.1) is 0 Å². The van der Waals surface area contributed by atoms with Crippen LogP contribution in [0, 0.1) is 5.92 Å². The molecule has 28 heavy (non-hydrogen) atoms. The summed E-state index contributed by atoms with van der Waals surface area (Å²) < 4.78 is 5.14. The summed E-state index contributed by atoms with van der Waals surface area (Å²) in [4.78, 5) is 14.9. The summed E-state index contributed by atoms with van der Waals surface area (Å²) in [5, 5.41) is 11.7. The molecule has 5 heteroatoms. The molecule has 0 unspecified atom stereocenters. The van der Waals surface area contributed by atoms with Gasteiger partial charge in [-0.3, -0.25) is 4.79 Å². The summed E-state index contributed by atoms with van der Waals surface area (Å²) in [6, 6.07) is 17.4. The van der Waals surface area contributed by atoms with Gasteiger partial charge in [0.2, 0.25) is 0 Å². The predicted molar refractivity (Wildman–Crippen MR) is 109 cm³/mol. The van der Waals surface area contributed by atoms with E-state index >= 15 is 0 Å². The molecule has 0 radical (unpaired) electrons. The van der Waals surface area contributed by atoms with Gasteiger partial charge in [-0.2, -0.15) is 0 Å². The highest BCUT2D eigenvalue weighted by atomic mass is 35.5. The molecule has 0 bridgehead atoms. The van der Waals surface area contributed by atoms with Crippen LogP contribution in [0.1, 0.15) is 30.4 Å². The first kappa shape index (κ1) is 19.4. The zero-order chi connectivity index (χ0) is 19.8. The highest BCUT2D eigenvalue weighted by Gasteiger charge is 2.62. The minimum Gasteiger partial charge on any atom is -0.468 e. The van der Waals surface area contributed by atoms with Crippen LogP contribution in [-0.2, 0) is 20.5 Å². The minimum absolute atomic E-state index is 0.140. The van der Waals surface area contributed by atoms with Crippen LogP contribution in [0.15, 0.2) is 54.6 Å². The smallest absolute Gasteiger partial charge is 0.316 e. The highest BCUT2D eigenvalue weighted by molar-refractivity contribution is 6.30. The molecule has 0 amide bonds. The molecule has 1 N–H and O–H groups in total. The van der Waals surface area contributed by atoms with E-state index < -0.39 is 11.0 Å². The Kier molecular flexibility index (Phi) is 5.21. The maximum Gasteiger partial charge on any atom is 0.316 e. The summed E-state index contributed by atoms with van der Waals surface area (Å²) in [7, 11) is 1.47. The molecule has 1 saturated heterocycles. The van der Waals surface area contributed by atoms with Crippen LogP contribution in [0.2, 0.25) is 5.02 Å². The second-order valence-corrected chi connectivity index (χ2v) is 8.51. The van der Waals surface area contributed by atoms with E-state index in [4.69, 9.17) is 16.3 Å². The number of hydrogen-bond acceptors (Lipinski definition) is 4. The molecule has 2 atom stereocenters. The zero-order valence-corrected chi connectivity index (χ0v) is 16.9. The van der Waals surface area contributed by atoms with Crippen LogP contribution >= 0.6 is 11.6 Å². The van der Waals surface area contributed by atoms with Crippen LogP contribution < -0.4 is 0 Å². The monoisotopic (exact) mass is 399 g/mol. The van der Waals surface area contributed by atoms with Crippen molar-refractivity contribution in [3.05, 3.63) is 70.7 Å². The lowest BCUT2D eigenvalue weighted by Crippen LogP contribution is -2.44. The SMILES string of the molecule is COC(=O)[C@@]1(c2ccccc2)C[C@H]1CN1CCC(O)(c2ccc(Cl)cc2)CC1. The molecular weight excluding hydrogens is 374 g/mol. The topological polar surface area (TPSA) is 49.8 Å². The Balaban J connectivity index is 1.41. The van der Waals surface area contributed by atoms with E-state index in [9.17, 15) is 9.90 Å². The Bertz CT molecular complexity index is 831. The van der Waals surface area contributed by atoms with Gasteiger partial charge in [0, 0.05) is 24.7 Å². The summed E-state index contributed by atoms with van der Waals surface area (Å²) in [5.74, 6) is 0.113. The van der Waals surface area contributed by atoms with E-state index in [0.29, 0.717) is 17.9 Å². The van der Waals surface area contributed by atoms with Crippen molar-refractivity contribution in [2.45, 2.75) is 30.3 Å². The molecule has 2 aromatic carbocycles. The van der Waals surface area contributed by atoms with Crippen LogP contribution in [0.5, 0.6) is 0 Å². The zero-order valence-electron chi connectivity index (χ0n) is 16.1. The van der Waals surface area contributed by atoms with Crippen molar-refractivity contribution in [1.82, 2.24) is 4.90 Å². The third kappa shape index (κ3) is 3.45. The van der Waals surface area contributed by atoms with E-state index in [0.717, 1.165) is 37.2 Å². The number of hydrogen-bond donors (Lipinski definition) is 1. The maximum absolute atomic E-state index is 12.6. The number of nitrogens with zero attached hydrogens (tertiary/aromatic N) is 1. The lowest BCUT2D eigenvalue weighted by molar-refractivity contribution is -0.144. The van der Waals surface area contributed by atoms with Gasteiger partial charge in [0.05, 0.1) is 18.1 Å². The number of esters is 1. The Hall–Kier alpha value is -1.88. The summed E-state index contributed by atoms with van der Waals surface area (Å²) in [5.41, 5.74) is 0.654. The summed E-state index contributed by atoms with van der Waals surface area (Å²) in [6.07, 6.45) is 2.18. The first-order valence-corrected chi connectivity index (χ1v) is 10.2. The van der Waals surface area contributed by atoms with Gasteiger partial charge in [-0.1, -0.05) is 54.1 Å². The fraction of sp³-hybridized carbons (Fsp3) is 0.435. The molecular formula is C23H26ClNO3. The van der Waals surface area contributed by atoms with Crippen LogP contribution in [0.25, 0.3) is 0 Å². The molecule has 1 saturated carbocycles. The number of halogens is 1. The lowest BCUT2D eigenvalue weighted by atomic mass is 9.84. The minimum atomic E-state index is -0.802. The number of ether oxygens (including phenoxy) is 1. The number of aliphatic hydroxyl groups is 1. The Labute approximate surface area is 171 Å². The quantitative estimate of drug-likeness (QED) is 0.778. The number of methoxy groups -OCH3 is 1. The van der Waals surface area contributed by atoms with E-state index in [1.165, 1.54) is 7.11 Å². The van der Waals surface area contributed by atoms with Crippen molar-refractivity contribution in [1.29, 1.82) is 0 Å². The van der Waals surface area contributed by atoms with Crippen molar-refractivity contribution in [2.75, 3.05) is 26.7 Å². The van der Waals surface area contributed by atoms with Crippen LogP contribution in [0.3, 0.4) is 0 Å². The molecule has 1 aliphatic heterocycles. The molecule has 0 aromatic heterocycles. The predicted octanol–water partition coefficient (Wildman–Crippen LogP) is 3.75. The highest BCUT2D eigenvalue weighted by Crippen LogP contribution is 2.55. The average Bonchev–Trinajstić information content (AvgIpc) is 3.45. The largest absolute Gasteiger partial charge is 0.468 e. The number of benzene rings is 2. The van der Waals surface area contributed by atoms with Gasteiger partial charge in [-0.25, -0.2) is 0 Å². The molecule has 1 aliphatic carbocycles. The van der Waals surface area contributed by atoms with E-state index in [1.54, 1.807) is 0 Å². The second-order valence-electron chi connectivity index (χ2n) is 8.07. The second kappa shape index (κ2) is 7.51. The molecule has 2 aromatic rings. The van der Waals surface area contributed by atoms with Crippen LogP contribution in [0.4, 0.5) is 0 Å². The van der Waals surface area contributed by atoms with Crippen LogP contribution in [-0.4, -0.2) is 42.7 Å². The Morgan fingerprint density at radius 1 is 1.11 bits per heavy atom. The van der Waals surface area contributed by atoms with Gasteiger partial charge in [0.25, 0.3) is 0 Å². The third-order valence-corrected chi connectivity index (χ3v) is 6.74. The van der Waals surface area contributed by atoms with Crippen molar-refractivity contribution >= 4 is 17.6 Å². The van der Waals surface area contributed by atoms with E-state index in [-0.39, 0.29) is 11.9 Å². The van der Waals surface area contributed by atoms with E-state index in [1.807, 2.05) is 54.6 Å². The summed E-state index contributed by atoms with van der Waals surface area (Å²) >= 11 is 5.97. The number of rotatable bonds is 5. The standard InChI is InChI=1S/C23H26ClNO3/c1-28-21(26)23(18-5-3-2-4-6-18)15-19(23)16-25-13-11-22(27,12-14-25)17-7-9-20(24)10-8-17/h2-10,19,27H,11-16H2,1H3/t19-,23+/m0/s1. The lowest BCUT2D eigenvalue weighted by Gasteiger charge is -2.39. The average molecular weight is 400 g/mol. The maximum atomic E-state index is 12.6. The molecule has 148 valence electrons. The molecule has 4 rings (SSSR count). The van der Waals surface area contributed by atoms with Gasteiger partial charge in [0.1, 0.15) is 0 Å². The first-order valence-electron chi connectivity index (χ1n) is 9.83. The molecule has 0 spiro atoms. The molecule has 4 nitrogen and oxygen atoms in total. The molecule has 2 fully saturated rings. The number of piperidine rings is 1. The van der Waals surface area contributed by atoms with Gasteiger partial charge >= 0.3 is 5.97 Å². The first-order chi connectivity index (χ1) is 13.5. The van der Waals surface area contributed by atoms with Crippen molar-refractivity contribution in [3.8, 4) is 0 Å². The van der Waals surface area contributed by atoms with E-state index in [2.05, 4.69) is 4.90 Å². The number of carbonyl (C=O) groups excluding carboxylic acids is 1. The fourth-order valence-electron chi connectivity index (χ4n) is 4.66. The molecule has 1 heterocycles. The van der Waals surface area contributed by atoms with Crippen molar-refractivity contribution < 1.29 is 14.6 Å². The summed E-state index contributed by atoms with van der Waals surface area (Å²) in [6.45, 7) is 2.46. The normalized spacial score (nSPS) is 26.6. The van der Waals surface area contributed by atoms with Gasteiger partial charge in [0.15, 0.2) is 0 Å². The van der Waals surface area contributed by atoms with Crippen molar-refractivity contribution in [2.24, 2.45) is 5.92 Å². The molecule has 2 aliphatic rings. The number of likely N-dealkylation sites (tertiary alicyclic amines) is 1. The third-order valence-electron chi connectivity index (χ3n) is 6.49. The Morgan fingerprint density at radius 2 is 1.75 bits per heavy atom. The van der Waals surface area contributed by atoms with Crippen molar-refractivity contribution in [3.63, 3.8) is 0 Å². The van der Waals surface area contributed by atoms with Gasteiger partial charge < -0.3 is 14.7 Å². The fourth-order valence-corrected chi connectivity index (χ4v) is 4.78.